The standard InChI is InChI=1S/C19H23N3O2/c1-13-3-8-18(21-11-13)22(2)12-14-9-17(10-14)24-19(23)15-4-6-16(20)7-5-15/h3-8,11,14,17H,9-10,12,20H2,1-2H3. The van der Waals surface area contributed by atoms with Gasteiger partial charge in [0.2, 0.25) is 0 Å². The highest BCUT2D eigenvalue weighted by atomic mass is 16.5. The third-order valence-electron chi connectivity index (χ3n) is 4.43. The fourth-order valence-electron chi connectivity index (χ4n) is 2.93. The molecule has 1 saturated carbocycles. The van der Waals surface area contributed by atoms with Crippen LogP contribution in [-0.4, -0.2) is 30.6 Å². The van der Waals surface area contributed by atoms with Gasteiger partial charge in [-0.1, -0.05) is 6.07 Å². The van der Waals surface area contributed by atoms with E-state index in [0.29, 0.717) is 17.2 Å². The van der Waals surface area contributed by atoms with Crippen LogP contribution in [0.1, 0.15) is 28.8 Å². The quantitative estimate of drug-likeness (QED) is 0.676. The van der Waals surface area contributed by atoms with Gasteiger partial charge in [0.25, 0.3) is 0 Å². The van der Waals surface area contributed by atoms with E-state index >= 15 is 0 Å². The van der Waals surface area contributed by atoms with E-state index < -0.39 is 0 Å². The molecule has 0 aliphatic heterocycles. The Kier molecular flexibility index (Phi) is 4.69. The minimum Gasteiger partial charge on any atom is -0.459 e. The van der Waals surface area contributed by atoms with E-state index in [2.05, 4.69) is 16.0 Å². The van der Waals surface area contributed by atoms with E-state index in [0.717, 1.165) is 30.8 Å². The van der Waals surface area contributed by atoms with Crippen LogP contribution >= 0.6 is 0 Å². The first kappa shape index (κ1) is 16.3. The topological polar surface area (TPSA) is 68.5 Å². The van der Waals surface area contributed by atoms with Gasteiger partial charge in [-0.25, -0.2) is 9.78 Å². The number of pyridine rings is 1. The van der Waals surface area contributed by atoms with Gasteiger partial charge in [-0.15, -0.1) is 0 Å². The Bertz CT molecular complexity index is 692. The van der Waals surface area contributed by atoms with Crippen molar-refractivity contribution < 1.29 is 9.53 Å². The third-order valence-corrected chi connectivity index (χ3v) is 4.43. The van der Waals surface area contributed by atoms with Crippen molar-refractivity contribution in [2.45, 2.75) is 25.9 Å². The van der Waals surface area contributed by atoms with Crippen LogP contribution in [0.15, 0.2) is 42.6 Å². The Morgan fingerprint density at radius 1 is 1.25 bits per heavy atom. The first-order valence-electron chi connectivity index (χ1n) is 8.21. The van der Waals surface area contributed by atoms with Gasteiger partial charge in [0.05, 0.1) is 5.56 Å². The van der Waals surface area contributed by atoms with Gasteiger partial charge in [0, 0.05) is 25.5 Å². The van der Waals surface area contributed by atoms with Crippen LogP contribution in [0.4, 0.5) is 11.5 Å². The van der Waals surface area contributed by atoms with Gasteiger partial charge < -0.3 is 15.4 Å². The molecule has 0 saturated heterocycles. The summed E-state index contributed by atoms with van der Waals surface area (Å²) < 4.78 is 5.53. The predicted molar refractivity (Wildman–Crippen MR) is 95.0 cm³/mol. The normalized spacial score (nSPS) is 19.4. The molecule has 5 heteroatoms. The summed E-state index contributed by atoms with van der Waals surface area (Å²) in [5.41, 5.74) is 7.97. The van der Waals surface area contributed by atoms with Crippen LogP contribution in [0.5, 0.6) is 0 Å². The monoisotopic (exact) mass is 325 g/mol. The van der Waals surface area contributed by atoms with Crippen molar-refractivity contribution in [1.29, 1.82) is 0 Å². The molecule has 1 aromatic heterocycles. The summed E-state index contributed by atoms with van der Waals surface area (Å²) in [5.74, 6) is 1.23. The molecular formula is C19H23N3O2. The fourth-order valence-corrected chi connectivity index (χ4v) is 2.93. The van der Waals surface area contributed by atoms with Crippen molar-refractivity contribution in [3.05, 3.63) is 53.7 Å². The fraction of sp³-hybridized carbons (Fsp3) is 0.368. The maximum atomic E-state index is 12.1. The number of rotatable bonds is 5. The second kappa shape index (κ2) is 6.91. The van der Waals surface area contributed by atoms with E-state index in [1.54, 1.807) is 24.3 Å². The summed E-state index contributed by atoms with van der Waals surface area (Å²) in [6.07, 6.45) is 3.69. The Labute approximate surface area is 142 Å². The van der Waals surface area contributed by atoms with Crippen LogP contribution in [0.25, 0.3) is 0 Å². The number of nitrogen functional groups attached to an aromatic ring is 1. The molecule has 2 N–H and O–H groups in total. The van der Waals surface area contributed by atoms with Crippen LogP contribution in [0.3, 0.4) is 0 Å². The van der Waals surface area contributed by atoms with Crippen molar-refractivity contribution in [3.8, 4) is 0 Å². The van der Waals surface area contributed by atoms with Gasteiger partial charge in [0.15, 0.2) is 0 Å². The number of carbonyl (C=O) groups is 1. The summed E-state index contributed by atoms with van der Waals surface area (Å²) >= 11 is 0. The molecule has 1 aromatic carbocycles. The summed E-state index contributed by atoms with van der Waals surface area (Å²) in [6.45, 7) is 2.95. The molecule has 0 bridgehead atoms. The molecule has 0 atom stereocenters. The third kappa shape index (κ3) is 3.85. The van der Waals surface area contributed by atoms with E-state index in [1.807, 2.05) is 26.2 Å². The summed E-state index contributed by atoms with van der Waals surface area (Å²) in [6, 6.07) is 10.9. The van der Waals surface area contributed by atoms with Gasteiger partial charge >= 0.3 is 5.97 Å². The molecule has 1 heterocycles. The number of benzene rings is 1. The number of nitrogens with two attached hydrogens (primary N) is 1. The number of hydrogen-bond donors (Lipinski definition) is 1. The molecular weight excluding hydrogens is 302 g/mol. The van der Waals surface area contributed by atoms with Crippen molar-refractivity contribution >= 4 is 17.5 Å². The second-order valence-corrected chi connectivity index (χ2v) is 6.56. The Morgan fingerprint density at radius 3 is 2.58 bits per heavy atom. The van der Waals surface area contributed by atoms with Crippen molar-refractivity contribution in [1.82, 2.24) is 4.98 Å². The first-order chi connectivity index (χ1) is 11.5. The zero-order chi connectivity index (χ0) is 17.1. The number of aryl methyl sites for hydroxylation is 1. The Balaban J connectivity index is 1.44. The Hall–Kier alpha value is -2.56. The molecule has 1 aliphatic rings. The number of nitrogens with zero attached hydrogens (tertiary/aromatic N) is 2. The van der Waals surface area contributed by atoms with Gasteiger partial charge in [-0.3, -0.25) is 0 Å². The molecule has 2 aromatic rings. The molecule has 0 unspecified atom stereocenters. The zero-order valence-corrected chi connectivity index (χ0v) is 14.1. The number of anilines is 2. The average molecular weight is 325 g/mol. The minimum absolute atomic E-state index is 0.0134. The molecule has 0 radical (unpaired) electrons. The maximum Gasteiger partial charge on any atom is 0.338 e. The van der Waals surface area contributed by atoms with Crippen LogP contribution in [-0.2, 0) is 4.74 Å². The predicted octanol–water partition coefficient (Wildman–Crippen LogP) is 3.04. The number of esters is 1. The van der Waals surface area contributed by atoms with E-state index in [9.17, 15) is 4.79 Å². The Morgan fingerprint density at radius 2 is 1.96 bits per heavy atom. The number of ether oxygens (including phenoxy) is 1. The highest BCUT2D eigenvalue weighted by Gasteiger charge is 2.33. The first-order valence-corrected chi connectivity index (χ1v) is 8.21. The molecule has 24 heavy (non-hydrogen) atoms. The molecule has 1 aliphatic carbocycles. The molecule has 5 nitrogen and oxygen atoms in total. The van der Waals surface area contributed by atoms with Crippen LogP contribution in [0, 0.1) is 12.8 Å². The molecule has 126 valence electrons. The highest BCUT2D eigenvalue weighted by molar-refractivity contribution is 5.89. The molecule has 3 rings (SSSR count). The summed E-state index contributed by atoms with van der Waals surface area (Å²) in [5, 5.41) is 0. The van der Waals surface area contributed by atoms with Crippen molar-refractivity contribution in [2.75, 3.05) is 24.2 Å². The lowest BCUT2D eigenvalue weighted by molar-refractivity contribution is -0.00928. The van der Waals surface area contributed by atoms with E-state index in [1.165, 1.54) is 0 Å². The summed E-state index contributed by atoms with van der Waals surface area (Å²) in [7, 11) is 2.05. The van der Waals surface area contributed by atoms with Crippen LogP contribution in [0.2, 0.25) is 0 Å². The number of hydrogen-bond acceptors (Lipinski definition) is 5. The van der Waals surface area contributed by atoms with Gasteiger partial charge in [0.1, 0.15) is 11.9 Å². The minimum atomic E-state index is -0.271. The average Bonchev–Trinajstić information content (AvgIpc) is 2.53. The van der Waals surface area contributed by atoms with Gasteiger partial charge in [-0.2, -0.15) is 0 Å². The lowest BCUT2D eigenvalue weighted by Gasteiger charge is -2.37. The van der Waals surface area contributed by atoms with E-state index in [4.69, 9.17) is 10.5 Å². The number of carbonyl (C=O) groups excluding carboxylic acids is 1. The largest absolute Gasteiger partial charge is 0.459 e. The number of aromatic nitrogens is 1. The lowest BCUT2D eigenvalue weighted by atomic mass is 9.82. The van der Waals surface area contributed by atoms with Gasteiger partial charge in [-0.05, 0) is 61.6 Å². The summed E-state index contributed by atoms with van der Waals surface area (Å²) in [4.78, 5) is 18.6. The zero-order valence-electron chi connectivity index (χ0n) is 14.1. The second-order valence-electron chi connectivity index (χ2n) is 6.56. The van der Waals surface area contributed by atoms with Crippen molar-refractivity contribution in [2.24, 2.45) is 5.92 Å². The smallest absolute Gasteiger partial charge is 0.338 e. The van der Waals surface area contributed by atoms with E-state index in [-0.39, 0.29) is 12.1 Å². The molecule has 1 fully saturated rings. The van der Waals surface area contributed by atoms with Crippen molar-refractivity contribution in [3.63, 3.8) is 0 Å². The SMILES string of the molecule is Cc1ccc(N(C)CC2CC(OC(=O)c3ccc(N)cc3)C2)nc1. The molecule has 0 spiro atoms. The molecule has 0 amide bonds. The highest BCUT2D eigenvalue weighted by Crippen LogP contribution is 2.32. The van der Waals surface area contributed by atoms with Crippen LogP contribution < -0.4 is 10.6 Å². The lowest BCUT2D eigenvalue weighted by Crippen LogP contribution is -2.39. The maximum absolute atomic E-state index is 12.1.